The van der Waals surface area contributed by atoms with Gasteiger partial charge in [-0.3, -0.25) is 9.80 Å². The molecular formula is C5H10N2O. The summed E-state index contributed by atoms with van der Waals surface area (Å²) in [6, 6.07) is 0.326. The highest BCUT2D eigenvalue weighted by atomic mass is 16.2. The van der Waals surface area contributed by atoms with Gasteiger partial charge in [0.25, 0.3) is 0 Å². The van der Waals surface area contributed by atoms with Crippen LogP contribution in [0.1, 0.15) is 13.3 Å². The highest BCUT2D eigenvalue weighted by molar-refractivity contribution is 5.77. The lowest BCUT2D eigenvalue weighted by Gasteiger charge is -2.07. The lowest BCUT2D eigenvalue weighted by Crippen LogP contribution is -2.32. The van der Waals surface area contributed by atoms with E-state index in [4.69, 9.17) is 0 Å². The number of hydrogen-bond acceptors (Lipinski definition) is 2. The van der Waals surface area contributed by atoms with Gasteiger partial charge in [-0.15, -0.1) is 0 Å². The molecule has 1 rings (SSSR count). The van der Waals surface area contributed by atoms with E-state index in [1.165, 1.54) is 5.01 Å². The highest BCUT2D eigenvalue weighted by Gasteiger charge is 2.21. The average molecular weight is 114 g/mol. The second-order valence-corrected chi connectivity index (χ2v) is 2.19. The maximum absolute atomic E-state index is 10.6. The van der Waals surface area contributed by atoms with Crippen molar-refractivity contribution < 1.29 is 4.79 Å². The van der Waals surface area contributed by atoms with Crippen molar-refractivity contribution in [1.29, 1.82) is 0 Å². The van der Waals surface area contributed by atoms with Gasteiger partial charge in [0.15, 0.2) is 0 Å². The summed E-state index contributed by atoms with van der Waals surface area (Å²) in [4.78, 5) is 10.6. The fourth-order valence-electron chi connectivity index (χ4n) is 0.847. The summed E-state index contributed by atoms with van der Waals surface area (Å²) >= 11 is 0. The van der Waals surface area contributed by atoms with Crippen molar-refractivity contribution in [2.24, 2.45) is 0 Å². The molecule has 0 aromatic rings. The molecule has 0 radical (unpaired) electrons. The van der Waals surface area contributed by atoms with E-state index in [1.54, 1.807) is 7.05 Å². The molecule has 46 valence electrons. The fourth-order valence-corrected chi connectivity index (χ4v) is 0.847. The third-order valence-corrected chi connectivity index (χ3v) is 1.27. The second-order valence-electron chi connectivity index (χ2n) is 2.19. The second kappa shape index (κ2) is 1.74. The first-order valence-corrected chi connectivity index (χ1v) is 2.73. The van der Waals surface area contributed by atoms with E-state index in [9.17, 15) is 4.79 Å². The molecule has 8 heavy (non-hydrogen) atoms. The molecule has 1 fully saturated rings. The van der Waals surface area contributed by atoms with Gasteiger partial charge in [-0.1, -0.05) is 0 Å². The van der Waals surface area contributed by atoms with Gasteiger partial charge in [-0.25, -0.2) is 5.43 Å². The maximum atomic E-state index is 10.6. The fraction of sp³-hybridized carbons (Fsp3) is 0.800. The lowest BCUT2D eigenvalue weighted by molar-refractivity contribution is -0.128. The van der Waals surface area contributed by atoms with Crippen LogP contribution in [0, 0.1) is 0 Å². The number of carbonyl (C=O) groups is 1. The molecular weight excluding hydrogens is 104 g/mol. The van der Waals surface area contributed by atoms with E-state index in [2.05, 4.69) is 5.43 Å². The number of nitrogens with zero attached hydrogens (tertiary/aromatic N) is 1. The van der Waals surface area contributed by atoms with Crippen molar-refractivity contribution in [3.8, 4) is 0 Å². The van der Waals surface area contributed by atoms with Gasteiger partial charge in [-0.05, 0) is 6.92 Å². The first-order chi connectivity index (χ1) is 3.70. The Hall–Kier alpha value is -0.570. The molecule has 0 saturated carbocycles. The Morgan fingerprint density at radius 2 is 2.50 bits per heavy atom. The topological polar surface area (TPSA) is 32.3 Å². The van der Waals surface area contributed by atoms with Gasteiger partial charge in [0, 0.05) is 19.5 Å². The Balaban J connectivity index is 2.51. The van der Waals surface area contributed by atoms with Crippen LogP contribution in [-0.2, 0) is 4.79 Å². The molecule has 0 aromatic carbocycles. The van der Waals surface area contributed by atoms with Crippen molar-refractivity contribution >= 4 is 5.91 Å². The predicted octanol–water partition coefficient (Wildman–Crippen LogP) is -0.258. The van der Waals surface area contributed by atoms with Gasteiger partial charge >= 0.3 is 0 Å². The molecule has 1 saturated heterocycles. The molecule has 1 atom stereocenters. The van der Waals surface area contributed by atoms with Gasteiger partial charge in [0.05, 0.1) is 0 Å². The third-order valence-electron chi connectivity index (χ3n) is 1.27. The minimum atomic E-state index is 0.178. The first-order valence-electron chi connectivity index (χ1n) is 2.73. The zero-order valence-corrected chi connectivity index (χ0v) is 5.14. The van der Waals surface area contributed by atoms with Crippen LogP contribution in [0.25, 0.3) is 0 Å². The monoisotopic (exact) mass is 114 g/mol. The Morgan fingerprint density at radius 3 is 2.62 bits per heavy atom. The number of hydrogen-bond donors (Lipinski definition) is 1. The van der Waals surface area contributed by atoms with Gasteiger partial charge in [0.2, 0.25) is 5.91 Å². The smallest absolute Gasteiger partial charge is 0.238 e. The van der Waals surface area contributed by atoms with Crippen LogP contribution in [0.15, 0.2) is 0 Å². The Morgan fingerprint density at radius 1 is 1.88 bits per heavy atom. The number of hydrazine groups is 1. The van der Waals surface area contributed by atoms with Crippen molar-refractivity contribution in [2.45, 2.75) is 19.4 Å². The third kappa shape index (κ3) is 0.816. The maximum Gasteiger partial charge on any atom is 0.238 e. The minimum Gasteiger partial charge on any atom is -0.281 e. The first kappa shape index (κ1) is 5.56. The van der Waals surface area contributed by atoms with Gasteiger partial charge < -0.3 is 0 Å². The summed E-state index contributed by atoms with van der Waals surface area (Å²) in [7, 11) is 1.74. The van der Waals surface area contributed by atoms with Crippen molar-refractivity contribution in [2.75, 3.05) is 7.05 Å². The molecule has 0 bridgehead atoms. The Labute approximate surface area is 48.6 Å². The zero-order valence-electron chi connectivity index (χ0n) is 5.14. The van der Waals surface area contributed by atoms with Crippen LogP contribution in [-0.4, -0.2) is 24.0 Å². The van der Waals surface area contributed by atoms with Crippen molar-refractivity contribution in [3.05, 3.63) is 0 Å². The average Bonchev–Trinajstić information content (AvgIpc) is 1.85. The molecule has 3 nitrogen and oxygen atoms in total. The van der Waals surface area contributed by atoms with Crippen LogP contribution < -0.4 is 5.43 Å². The van der Waals surface area contributed by atoms with Crippen LogP contribution in [0.2, 0.25) is 0 Å². The number of carbonyl (C=O) groups excluding carboxylic acids is 1. The number of rotatable bonds is 0. The highest BCUT2D eigenvalue weighted by Crippen LogP contribution is 2.02. The van der Waals surface area contributed by atoms with Crippen LogP contribution in [0.3, 0.4) is 0 Å². The Kier molecular flexibility index (Phi) is 1.21. The van der Waals surface area contributed by atoms with E-state index >= 15 is 0 Å². The molecule has 0 unspecified atom stereocenters. The van der Waals surface area contributed by atoms with E-state index < -0.39 is 0 Å². The van der Waals surface area contributed by atoms with Gasteiger partial charge in [0.1, 0.15) is 0 Å². The molecule has 0 aromatic heterocycles. The summed E-state index contributed by atoms with van der Waals surface area (Å²) in [6.45, 7) is 1.99. The molecule has 1 heterocycles. The molecule has 1 N–H and O–H groups in total. The predicted molar refractivity (Wildman–Crippen MR) is 30.0 cm³/mol. The van der Waals surface area contributed by atoms with Crippen molar-refractivity contribution in [1.82, 2.24) is 10.4 Å². The molecule has 1 aliphatic rings. The van der Waals surface area contributed by atoms with Crippen molar-refractivity contribution in [3.63, 3.8) is 0 Å². The quantitative estimate of drug-likeness (QED) is 0.470. The summed E-state index contributed by atoms with van der Waals surface area (Å²) < 4.78 is 0. The minimum absolute atomic E-state index is 0.178. The van der Waals surface area contributed by atoms with E-state index in [0.717, 1.165) is 0 Å². The Bertz CT molecular complexity index is 113. The molecule has 0 aliphatic carbocycles. The summed E-state index contributed by atoms with van der Waals surface area (Å²) in [6.07, 6.45) is 0.635. The summed E-state index contributed by atoms with van der Waals surface area (Å²) in [5.74, 6) is 0.178. The molecule has 0 spiro atoms. The summed E-state index contributed by atoms with van der Waals surface area (Å²) in [5, 5.41) is 1.53. The van der Waals surface area contributed by atoms with Crippen LogP contribution in [0.5, 0.6) is 0 Å². The van der Waals surface area contributed by atoms with Gasteiger partial charge in [-0.2, -0.15) is 0 Å². The van der Waals surface area contributed by atoms with Crippen LogP contribution in [0.4, 0.5) is 0 Å². The van der Waals surface area contributed by atoms with E-state index in [-0.39, 0.29) is 5.91 Å². The van der Waals surface area contributed by atoms with Crippen LogP contribution >= 0.6 is 0 Å². The number of nitrogens with one attached hydrogen (secondary N) is 1. The normalized spacial score (nSPS) is 29.5. The molecule has 3 heteroatoms. The zero-order chi connectivity index (χ0) is 6.15. The molecule has 1 aliphatic heterocycles. The van der Waals surface area contributed by atoms with E-state index in [1.807, 2.05) is 6.92 Å². The number of amides is 1. The SMILES string of the molecule is C[C@H]1CC(=O)N(C)N1. The lowest BCUT2D eigenvalue weighted by atomic mass is 10.3. The summed E-state index contributed by atoms with van der Waals surface area (Å²) in [5.41, 5.74) is 2.95. The standard InChI is InChI=1S/C5H10N2O/c1-4-3-5(8)7(2)6-4/h4,6H,3H2,1-2H3/t4-/m0/s1. The molecule has 1 amide bonds. The largest absolute Gasteiger partial charge is 0.281 e. The van der Waals surface area contributed by atoms with E-state index in [0.29, 0.717) is 12.5 Å².